The number of piperidine rings is 1. The summed E-state index contributed by atoms with van der Waals surface area (Å²) in [6, 6.07) is 4.76. The van der Waals surface area contributed by atoms with E-state index >= 15 is 0 Å². The second-order valence-electron chi connectivity index (χ2n) is 5.99. The number of rotatable bonds is 3. The van der Waals surface area contributed by atoms with Gasteiger partial charge in [-0.3, -0.25) is 0 Å². The van der Waals surface area contributed by atoms with E-state index in [4.69, 9.17) is 23.2 Å². The van der Waals surface area contributed by atoms with Crippen molar-refractivity contribution in [3.63, 3.8) is 0 Å². The average Bonchev–Trinajstić information content (AvgIpc) is 2.37. The van der Waals surface area contributed by atoms with Gasteiger partial charge < -0.3 is 0 Å². The summed E-state index contributed by atoms with van der Waals surface area (Å²) in [5.41, 5.74) is 0.761. The van der Waals surface area contributed by atoms with Gasteiger partial charge >= 0.3 is 0 Å². The number of hydrogen-bond acceptors (Lipinski definition) is 2. The molecule has 0 saturated carbocycles. The zero-order valence-electron chi connectivity index (χ0n) is 11.7. The third-order valence-corrected chi connectivity index (χ3v) is 6.15. The molecule has 1 saturated heterocycles. The summed E-state index contributed by atoms with van der Waals surface area (Å²) in [5, 5.41) is 0.400. The van der Waals surface area contributed by atoms with Crippen molar-refractivity contribution in [2.24, 2.45) is 5.41 Å². The van der Waals surface area contributed by atoms with Gasteiger partial charge in [0.25, 0.3) is 0 Å². The Morgan fingerprint density at radius 1 is 1.35 bits per heavy atom. The van der Waals surface area contributed by atoms with Crippen LogP contribution < -0.4 is 0 Å². The predicted octanol–water partition coefficient (Wildman–Crippen LogP) is 3.89. The van der Waals surface area contributed by atoms with Crippen LogP contribution in [0.3, 0.4) is 0 Å². The smallest absolute Gasteiger partial charge is 0.207 e. The van der Waals surface area contributed by atoms with Gasteiger partial charge in [-0.15, -0.1) is 11.6 Å². The number of benzene rings is 1. The third-order valence-electron chi connectivity index (χ3n) is 3.67. The van der Waals surface area contributed by atoms with Crippen LogP contribution in [0, 0.1) is 5.41 Å². The Morgan fingerprint density at radius 2 is 2.05 bits per heavy atom. The normalized spacial score (nSPS) is 20.0. The highest BCUT2D eigenvalue weighted by molar-refractivity contribution is 7.89. The van der Waals surface area contributed by atoms with Gasteiger partial charge in [0.2, 0.25) is 10.0 Å². The lowest BCUT2D eigenvalue weighted by atomic mass is 9.85. The number of nitrogens with zero attached hydrogens (tertiary/aromatic N) is 1. The Kier molecular flexibility index (Phi) is 4.69. The summed E-state index contributed by atoms with van der Waals surface area (Å²) >= 11 is 11.8. The summed E-state index contributed by atoms with van der Waals surface area (Å²) in [6.07, 6.45) is 1.94. The first-order valence-electron chi connectivity index (χ1n) is 6.61. The van der Waals surface area contributed by atoms with Crippen LogP contribution in [-0.2, 0) is 15.9 Å². The van der Waals surface area contributed by atoms with Crippen molar-refractivity contribution in [1.29, 1.82) is 0 Å². The van der Waals surface area contributed by atoms with Crippen LogP contribution in [0.2, 0.25) is 5.02 Å². The molecule has 20 heavy (non-hydrogen) atoms. The lowest BCUT2D eigenvalue weighted by Crippen LogP contribution is -2.43. The second-order valence-corrected chi connectivity index (χ2v) is 8.61. The summed E-state index contributed by atoms with van der Waals surface area (Å²) in [6.45, 7) is 5.31. The van der Waals surface area contributed by atoms with Crippen LogP contribution in [0.1, 0.15) is 32.3 Å². The summed E-state index contributed by atoms with van der Waals surface area (Å²) < 4.78 is 26.9. The predicted molar refractivity (Wildman–Crippen MR) is 82.8 cm³/mol. The Morgan fingerprint density at radius 3 is 2.60 bits per heavy atom. The summed E-state index contributed by atoms with van der Waals surface area (Å²) in [4.78, 5) is 0.245. The number of alkyl halides is 1. The van der Waals surface area contributed by atoms with E-state index in [2.05, 4.69) is 13.8 Å². The SMILES string of the molecule is CC1(C)CCCN(S(=O)(=O)c2ccc(CCl)c(Cl)c2)C1. The second kappa shape index (κ2) is 5.84. The molecule has 1 aromatic rings. The van der Waals surface area contributed by atoms with Gasteiger partial charge in [-0.2, -0.15) is 4.31 Å². The van der Waals surface area contributed by atoms with Crippen molar-refractivity contribution >= 4 is 33.2 Å². The van der Waals surface area contributed by atoms with Crippen LogP contribution in [0.25, 0.3) is 0 Å². The van der Waals surface area contributed by atoms with Crippen molar-refractivity contribution < 1.29 is 8.42 Å². The van der Waals surface area contributed by atoms with Crippen molar-refractivity contribution in [2.45, 2.75) is 37.5 Å². The van der Waals surface area contributed by atoms with E-state index in [1.807, 2.05) is 0 Å². The summed E-state index contributed by atoms with van der Waals surface area (Å²) in [7, 11) is -3.47. The van der Waals surface area contributed by atoms with Crippen LogP contribution in [0.5, 0.6) is 0 Å². The fourth-order valence-corrected chi connectivity index (χ4v) is 4.83. The van der Waals surface area contributed by atoms with Gasteiger partial charge in [0.1, 0.15) is 0 Å². The van der Waals surface area contributed by atoms with Crippen LogP contribution in [0.15, 0.2) is 23.1 Å². The average molecular weight is 336 g/mol. The van der Waals surface area contributed by atoms with E-state index < -0.39 is 10.0 Å². The molecule has 0 N–H and O–H groups in total. The Bertz CT molecular complexity index is 599. The first kappa shape index (κ1) is 16.1. The highest BCUT2D eigenvalue weighted by Gasteiger charge is 2.34. The topological polar surface area (TPSA) is 37.4 Å². The Hall–Kier alpha value is -0.290. The van der Waals surface area contributed by atoms with Crippen LogP contribution in [-0.4, -0.2) is 25.8 Å². The molecule has 0 amide bonds. The molecule has 112 valence electrons. The molecular formula is C14H19Cl2NO2S. The van der Waals surface area contributed by atoms with Gasteiger partial charge in [-0.25, -0.2) is 8.42 Å². The van der Waals surface area contributed by atoms with Gasteiger partial charge in [0.05, 0.1) is 4.90 Å². The fraction of sp³-hybridized carbons (Fsp3) is 0.571. The molecule has 1 aromatic carbocycles. The maximum Gasteiger partial charge on any atom is 0.243 e. The molecule has 0 bridgehead atoms. The molecule has 0 aromatic heterocycles. The molecule has 0 atom stereocenters. The maximum absolute atomic E-state index is 12.7. The molecule has 0 spiro atoms. The standard InChI is InChI=1S/C14H19Cl2NO2S/c1-14(2)6-3-7-17(10-14)20(18,19)12-5-4-11(9-15)13(16)8-12/h4-5,8H,3,6-7,9-10H2,1-2H3. The molecular weight excluding hydrogens is 317 g/mol. The molecule has 1 aliphatic heterocycles. The molecule has 1 fully saturated rings. The third kappa shape index (κ3) is 3.30. The van der Waals surface area contributed by atoms with Gasteiger partial charge in [0, 0.05) is 24.0 Å². The zero-order valence-corrected chi connectivity index (χ0v) is 14.0. The molecule has 0 aliphatic carbocycles. The van der Waals surface area contributed by atoms with Crippen molar-refractivity contribution in [3.8, 4) is 0 Å². The van der Waals surface area contributed by atoms with Gasteiger partial charge in [-0.05, 0) is 36.0 Å². The van der Waals surface area contributed by atoms with Gasteiger partial charge in [0.15, 0.2) is 0 Å². The zero-order chi connectivity index (χ0) is 15.0. The largest absolute Gasteiger partial charge is 0.243 e. The molecule has 0 unspecified atom stereocenters. The first-order chi connectivity index (χ1) is 9.26. The Balaban J connectivity index is 2.33. The monoisotopic (exact) mass is 335 g/mol. The molecule has 0 radical (unpaired) electrons. The van der Waals surface area contributed by atoms with E-state index in [-0.39, 0.29) is 16.2 Å². The highest BCUT2D eigenvalue weighted by atomic mass is 35.5. The minimum Gasteiger partial charge on any atom is -0.207 e. The van der Waals surface area contributed by atoms with Crippen molar-refractivity contribution in [2.75, 3.05) is 13.1 Å². The molecule has 2 rings (SSSR count). The fourth-order valence-electron chi connectivity index (χ4n) is 2.52. The van der Waals surface area contributed by atoms with Gasteiger partial charge in [-0.1, -0.05) is 31.5 Å². The van der Waals surface area contributed by atoms with Crippen LogP contribution >= 0.6 is 23.2 Å². The molecule has 6 heteroatoms. The van der Waals surface area contributed by atoms with Crippen LogP contribution in [0.4, 0.5) is 0 Å². The lowest BCUT2D eigenvalue weighted by Gasteiger charge is -2.37. The minimum absolute atomic E-state index is 0.0190. The number of sulfonamides is 1. The van der Waals surface area contributed by atoms with Crippen molar-refractivity contribution in [1.82, 2.24) is 4.31 Å². The molecule has 1 heterocycles. The van der Waals surface area contributed by atoms with E-state index in [0.717, 1.165) is 18.4 Å². The minimum atomic E-state index is -3.47. The highest BCUT2D eigenvalue weighted by Crippen LogP contribution is 2.32. The van der Waals surface area contributed by atoms with E-state index in [9.17, 15) is 8.42 Å². The maximum atomic E-state index is 12.7. The lowest BCUT2D eigenvalue weighted by molar-refractivity contribution is 0.187. The first-order valence-corrected chi connectivity index (χ1v) is 8.96. The van der Waals surface area contributed by atoms with Crippen molar-refractivity contribution in [3.05, 3.63) is 28.8 Å². The quantitative estimate of drug-likeness (QED) is 0.786. The molecule has 1 aliphatic rings. The number of hydrogen-bond donors (Lipinski definition) is 0. The molecule has 3 nitrogen and oxygen atoms in total. The van der Waals surface area contributed by atoms with E-state index in [1.54, 1.807) is 16.4 Å². The van der Waals surface area contributed by atoms with E-state index in [0.29, 0.717) is 18.1 Å². The van der Waals surface area contributed by atoms with E-state index in [1.165, 1.54) is 6.07 Å². The summed E-state index contributed by atoms with van der Waals surface area (Å²) in [5.74, 6) is 0.274. The number of halogens is 2. The Labute approximate surface area is 130 Å².